The molecular formula is C16H20F3N5. The molecule has 2 heterocycles. The van der Waals surface area contributed by atoms with Crippen molar-refractivity contribution in [3.05, 3.63) is 48.0 Å². The van der Waals surface area contributed by atoms with Crippen LogP contribution in [-0.2, 0) is 6.18 Å². The lowest BCUT2D eigenvalue weighted by Gasteiger charge is -2.10. The molecule has 0 fully saturated rings. The Labute approximate surface area is 139 Å². The lowest BCUT2D eigenvalue weighted by Crippen LogP contribution is -2.13. The van der Waals surface area contributed by atoms with Crippen LogP contribution in [-0.4, -0.2) is 20.6 Å². The molecule has 3 rings (SSSR count). The molecule has 0 radical (unpaired) electrons. The lowest BCUT2D eigenvalue weighted by molar-refractivity contribution is -0.137. The number of halogens is 3. The number of rotatable bonds is 4. The van der Waals surface area contributed by atoms with Gasteiger partial charge in [-0.2, -0.15) is 22.7 Å². The molecule has 0 amide bonds. The SMILES string of the molecule is CC(C)Nc1cccc2nc(Nc3ccc(C(F)(F)F)cc3)nn12.[HH].[HH]. The molecule has 0 atom stereocenters. The molecule has 3 aromatic rings. The summed E-state index contributed by atoms with van der Waals surface area (Å²) in [6.07, 6.45) is -4.35. The molecule has 24 heavy (non-hydrogen) atoms. The van der Waals surface area contributed by atoms with E-state index in [-0.39, 0.29) is 8.90 Å². The Kier molecular flexibility index (Phi) is 4.04. The van der Waals surface area contributed by atoms with Crippen LogP contribution in [0.2, 0.25) is 0 Å². The quantitative estimate of drug-likeness (QED) is 0.717. The molecule has 0 saturated heterocycles. The van der Waals surface area contributed by atoms with Gasteiger partial charge in [0.2, 0.25) is 5.95 Å². The Bertz CT molecular complexity index is 847. The molecule has 1 aromatic carbocycles. The summed E-state index contributed by atoms with van der Waals surface area (Å²) >= 11 is 0. The van der Waals surface area contributed by atoms with Crippen molar-refractivity contribution < 1.29 is 16.0 Å². The number of hydrogen-bond donors (Lipinski definition) is 2. The third-order valence-electron chi connectivity index (χ3n) is 3.26. The number of benzene rings is 1. The van der Waals surface area contributed by atoms with Crippen LogP contribution >= 0.6 is 0 Å². The molecule has 0 aliphatic heterocycles. The highest BCUT2D eigenvalue weighted by atomic mass is 19.4. The van der Waals surface area contributed by atoms with E-state index < -0.39 is 11.7 Å². The van der Waals surface area contributed by atoms with E-state index in [9.17, 15) is 13.2 Å². The first-order chi connectivity index (χ1) is 11.3. The molecule has 0 aliphatic rings. The first-order valence-corrected chi connectivity index (χ1v) is 7.39. The van der Waals surface area contributed by atoms with Gasteiger partial charge in [-0.15, -0.1) is 5.10 Å². The fourth-order valence-electron chi connectivity index (χ4n) is 2.23. The minimum atomic E-state index is -4.35. The summed E-state index contributed by atoms with van der Waals surface area (Å²) in [7, 11) is 0. The Morgan fingerprint density at radius 3 is 2.42 bits per heavy atom. The van der Waals surface area contributed by atoms with Crippen LogP contribution in [0, 0.1) is 0 Å². The van der Waals surface area contributed by atoms with E-state index in [0.29, 0.717) is 17.3 Å². The average Bonchev–Trinajstić information content (AvgIpc) is 2.90. The fourth-order valence-corrected chi connectivity index (χ4v) is 2.23. The molecule has 5 nitrogen and oxygen atoms in total. The van der Waals surface area contributed by atoms with Crippen LogP contribution in [0.25, 0.3) is 5.65 Å². The largest absolute Gasteiger partial charge is 0.416 e. The minimum Gasteiger partial charge on any atom is -0.368 e. The van der Waals surface area contributed by atoms with Crippen molar-refractivity contribution in [2.45, 2.75) is 26.1 Å². The number of nitrogens with one attached hydrogen (secondary N) is 2. The fraction of sp³-hybridized carbons (Fsp3) is 0.250. The molecule has 0 aliphatic carbocycles. The van der Waals surface area contributed by atoms with Crippen molar-refractivity contribution in [1.82, 2.24) is 14.6 Å². The van der Waals surface area contributed by atoms with Gasteiger partial charge in [0, 0.05) is 14.6 Å². The normalized spacial score (nSPS) is 11.9. The Morgan fingerprint density at radius 1 is 1.08 bits per heavy atom. The van der Waals surface area contributed by atoms with E-state index in [1.54, 1.807) is 10.6 Å². The zero-order valence-corrected chi connectivity index (χ0v) is 13.1. The smallest absolute Gasteiger partial charge is 0.368 e. The number of alkyl halides is 3. The van der Waals surface area contributed by atoms with Gasteiger partial charge in [0.05, 0.1) is 5.56 Å². The second kappa shape index (κ2) is 6.03. The predicted octanol–water partition coefficient (Wildman–Crippen LogP) is 4.80. The maximum absolute atomic E-state index is 12.6. The van der Waals surface area contributed by atoms with Gasteiger partial charge < -0.3 is 10.6 Å². The number of pyridine rings is 1. The van der Waals surface area contributed by atoms with Crippen molar-refractivity contribution in [1.29, 1.82) is 0 Å². The van der Waals surface area contributed by atoms with E-state index in [1.807, 2.05) is 26.0 Å². The standard InChI is InChI=1S/C16H16F3N5.2H2/c1-10(2)20-13-4-3-5-14-22-15(23-24(13)14)21-12-8-6-11(7-9-12)16(17,18)19;;/h3-10,20H,1-2H3,(H,21,23);2*1H. The van der Waals surface area contributed by atoms with E-state index in [2.05, 4.69) is 20.7 Å². The Balaban J connectivity index is 0.00000169. The topological polar surface area (TPSA) is 54.2 Å². The van der Waals surface area contributed by atoms with Crippen LogP contribution in [0.15, 0.2) is 42.5 Å². The minimum absolute atomic E-state index is 0. The van der Waals surface area contributed by atoms with Crippen LogP contribution < -0.4 is 10.6 Å². The summed E-state index contributed by atoms with van der Waals surface area (Å²) < 4.78 is 39.4. The molecule has 130 valence electrons. The number of fused-ring (bicyclic) bond motifs is 1. The summed E-state index contributed by atoms with van der Waals surface area (Å²) in [4.78, 5) is 4.33. The molecule has 2 aromatic heterocycles. The number of aromatic nitrogens is 3. The van der Waals surface area contributed by atoms with Gasteiger partial charge in [-0.25, -0.2) is 0 Å². The van der Waals surface area contributed by atoms with Gasteiger partial charge in [0.15, 0.2) is 5.65 Å². The highest BCUT2D eigenvalue weighted by Gasteiger charge is 2.29. The van der Waals surface area contributed by atoms with Crippen LogP contribution in [0.4, 0.5) is 30.6 Å². The number of hydrogen-bond acceptors (Lipinski definition) is 4. The highest BCUT2D eigenvalue weighted by molar-refractivity contribution is 5.58. The monoisotopic (exact) mass is 339 g/mol. The van der Waals surface area contributed by atoms with Gasteiger partial charge in [-0.3, -0.25) is 0 Å². The molecule has 0 bridgehead atoms. The van der Waals surface area contributed by atoms with E-state index in [4.69, 9.17) is 0 Å². The van der Waals surface area contributed by atoms with Crippen molar-refractivity contribution in [3.63, 3.8) is 0 Å². The van der Waals surface area contributed by atoms with Crippen molar-refractivity contribution >= 4 is 23.1 Å². The summed E-state index contributed by atoms with van der Waals surface area (Å²) in [5.74, 6) is 1.10. The summed E-state index contributed by atoms with van der Waals surface area (Å²) in [5, 5.41) is 10.5. The third-order valence-corrected chi connectivity index (χ3v) is 3.26. The highest BCUT2D eigenvalue weighted by Crippen LogP contribution is 2.30. The Morgan fingerprint density at radius 2 is 1.79 bits per heavy atom. The summed E-state index contributed by atoms with van der Waals surface area (Å²) in [6, 6.07) is 10.5. The number of nitrogens with zero attached hydrogens (tertiary/aromatic N) is 3. The zero-order chi connectivity index (χ0) is 17.3. The lowest BCUT2D eigenvalue weighted by atomic mass is 10.2. The van der Waals surface area contributed by atoms with Crippen molar-refractivity contribution in [2.24, 2.45) is 0 Å². The van der Waals surface area contributed by atoms with Crippen LogP contribution in [0.3, 0.4) is 0 Å². The second-order valence-corrected chi connectivity index (χ2v) is 5.62. The van der Waals surface area contributed by atoms with Gasteiger partial charge in [-0.1, -0.05) is 6.07 Å². The molecule has 2 N–H and O–H groups in total. The predicted molar refractivity (Wildman–Crippen MR) is 90.7 cm³/mol. The van der Waals surface area contributed by atoms with Crippen LogP contribution in [0.5, 0.6) is 0 Å². The molecule has 0 saturated carbocycles. The molecule has 0 unspecified atom stereocenters. The van der Waals surface area contributed by atoms with E-state index >= 15 is 0 Å². The van der Waals surface area contributed by atoms with Gasteiger partial charge in [0.1, 0.15) is 5.82 Å². The molecule has 0 spiro atoms. The third kappa shape index (κ3) is 3.42. The Hall–Kier alpha value is -2.77. The summed E-state index contributed by atoms with van der Waals surface area (Å²) in [6.45, 7) is 4.02. The summed E-state index contributed by atoms with van der Waals surface area (Å²) in [5.41, 5.74) is 0.423. The molecule has 8 heteroatoms. The number of anilines is 3. The molecular weight excluding hydrogens is 319 g/mol. The van der Waals surface area contributed by atoms with E-state index in [1.165, 1.54) is 12.1 Å². The van der Waals surface area contributed by atoms with E-state index in [0.717, 1.165) is 18.0 Å². The first kappa shape index (κ1) is 16.1. The maximum atomic E-state index is 12.6. The van der Waals surface area contributed by atoms with Gasteiger partial charge >= 0.3 is 6.18 Å². The van der Waals surface area contributed by atoms with Gasteiger partial charge in [-0.05, 0) is 50.2 Å². The second-order valence-electron chi connectivity index (χ2n) is 5.62. The maximum Gasteiger partial charge on any atom is 0.416 e. The van der Waals surface area contributed by atoms with Crippen LogP contribution in [0.1, 0.15) is 22.3 Å². The van der Waals surface area contributed by atoms with Gasteiger partial charge in [0.25, 0.3) is 0 Å². The van der Waals surface area contributed by atoms with Crippen molar-refractivity contribution in [3.8, 4) is 0 Å². The van der Waals surface area contributed by atoms with Crippen molar-refractivity contribution in [2.75, 3.05) is 10.6 Å². The first-order valence-electron chi connectivity index (χ1n) is 7.39. The average molecular weight is 339 g/mol. The zero-order valence-electron chi connectivity index (χ0n) is 13.1.